The fourth-order valence-corrected chi connectivity index (χ4v) is 4.35. The van der Waals surface area contributed by atoms with Gasteiger partial charge in [0.2, 0.25) is 0 Å². The number of benzene rings is 2. The SMILES string of the molecule is COc1ccc2c(c1)-c1sc(CNc3c(F)cccc3F)nc1CCC2. The number of hydrogen-bond acceptors (Lipinski definition) is 4. The number of thiazole rings is 1. The fraction of sp³-hybridized carbons (Fsp3) is 0.250. The highest BCUT2D eigenvalue weighted by molar-refractivity contribution is 7.15. The second kappa shape index (κ2) is 7.03. The molecule has 4 rings (SSSR count). The van der Waals surface area contributed by atoms with Crippen LogP contribution >= 0.6 is 11.3 Å². The standard InChI is InChI=1S/C20H18F2N2OS/c1-25-13-9-8-12-4-2-7-17-20(14(12)10-13)26-18(24-17)11-23-19-15(21)5-3-6-16(19)22/h3,5-6,8-10,23H,2,4,7,11H2,1H3. The van der Waals surface area contributed by atoms with Crippen LogP contribution in [0, 0.1) is 11.6 Å². The Balaban J connectivity index is 1.64. The summed E-state index contributed by atoms with van der Waals surface area (Å²) in [6, 6.07) is 9.97. The van der Waals surface area contributed by atoms with E-state index in [1.165, 1.54) is 23.8 Å². The summed E-state index contributed by atoms with van der Waals surface area (Å²) in [5.41, 5.74) is 3.37. The van der Waals surface area contributed by atoms with Crippen molar-refractivity contribution < 1.29 is 13.5 Å². The van der Waals surface area contributed by atoms with Crippen LogP contribution in [0.2, 0.25) is 0 Å². The molecule has 0 spiro atoms. The molecular formula is C20H18F2N2OS. The highest BCUT2D eigenvalue weighted by Crippen LogP contribution is 2.38. The quantitative estimate of drug-likeness (QED) is 0.684. The van der Waals surface area contributed by atoms with Crippen molar-refractivity contribution in [3.05, 3.63) is 64.3 Å². The average Bonchev–Trinajstić information content (AvgIpc) is 2.97. The van der Waals surface area contributed by atoms with E-state index in [1.54, 1.807) is 18.4 Å². The van der Waals surface area contributed by atoms with E-state index in [4.69, 9.17) is 9.72 Å². The average molecular weight is 372 g/mol. The molecule has 0 atom stereocenters. The Morgan fingerprint density at radius 1 is 1.15 bits per heavy atom. The Bertz CT molecular complexity index is 935. The van der Waals surface area contributed by atoms with Crippen LogP contribution in [-0.2, 0) is 19.4 Å². The minimum Gasteiger partial charge on any atom is -0.497 e. The number of para-hydroxylation sites is 1. The molecule has 26 heavy (non-hydrogen) atoms. The van der Waals surface area contributed by atoms with Gasteiger partial charge in [-0.2, -0.15) is 0 Å². The molecule has 0 fully saturated rings. The summed E-state index contributed by atoms with van der Waals surface area (Å²) >= 11 is 1.57. The van der Waals surface area contributed by atoms with Crippen molar-refractivity contribution >= 4 is 17.0 Å². The number of aromatic nitrogens is 1. The predicted molar refractivity (Wildman–Crippen MR) is 99.8 cm³/mol. The largest absolute Gasteiger partial charge is 0.497 e. The maximum atomic E-state index is 13.8. The summed E-state index contributed by atoms with van der Waals surface area (Å²) in [4.78, 5) is 5.84. The van der Waals surface area contributed by atoms with Gasteiger partial charge in [-0.15, -0.1) is 11.3 Å². The number of nitrogens with one attached hydrogen (secondary N) is 1. The smallest absolute Gasteiger partial charge is 0.149 e. The molecular weight excluding hydrogens is 354 g/mol. The Morgan fingerprint density at radius 2 is 1.96 bits per heavy atom. The summed E-state index contributed by atoms with van der Waals surface area (Å²) in [5, 5.41) is 3.66. The third-order valence-electron chi connectivity index (χ3n) is 4.54. The maximum Gasteiger partial charge on any atom is 0.149 e. The Morgan fingerprint density at radius 3 is 2.73 bits per heavy atom. The number of ether oxygens (including phenoxy) is 1. The van der Waals surface area contributed by atoms with E-state index >= 15 is 0 Å². The fourth-order valence-electron chi connectivity index (χ4n) is 3.25. The van der Waals surface area contributed by atoms with Gasteiger partial charge in [0.1, 0.15) is 28.1 Å². The lowest BCUT2D eigenvalue weighted by atomic mass is 10.0. The molecule has 1 aliphatic rings. The Hall–Kier alpha value is -2.47. The van der Waals surface area contributed by atoms with Crippen molar-refractivity contribution in [3.8, 4) is 16.2 Å². The molecule has 0 aliphatic heterocycles. The minimum atomic E-state index is -0.599. The number of aryl methyl sites for hydroxylation is 2. The number of fused-ring (bicyclic) bond motifs is 3. The molecule has 0 saturated carbocycles. The molecule has 0 saturated heterocycles. The third kappa shape index (κ3) is 3.17. The topological polar surface area (TPSA) is 34.1 Å². The van der Waals surface area contributed by atoms with E-state index in [9.17, 15) is 8.78 Å². The summed E-state index contributed by atoms with van der Waals surface area (Å²) in [7, 11) is 1.66. The summed E-state index contributed by atoms with van der Waals surface area (Å²) in [5.74, 6) is -0.380. The van der Waals surface area contributed by atoms with Gasteiger partial charge in [0.05, 0.1) is 24.2 Å². The lowest BCUT2D eigenvalue weighted by Crippen LogP contribution is -2.03. The molecule has 0 bridgehead atoms. The van der Waals surface area contributed by atoms with Gasteiger partial charge >= 0.3 is 0 Å². The molecule has 1 heterocycles. The van der Waals surface area contributed by atoms with Gasteiger partial charge in [-0.25, -0.2) is 13.8 Å². The first kappa shape index (κ1) is 17.0. The van der Waals surface area contributed by atoms with Gasteiger partial charge in [-0.1, -0.05) is 12.1 Å². The van der Waals surface area contributed by atoms with Crippen molar-refractivity contribution in [1.29, 1.82) is 0 Å². The number of rotatable bonds is 4. The first-order valence-electron chi connectivity index (χ1n) is 8.49. The molecule has 1 N–H and O–H groups in total. The summed E-state index contributed by atoms with van der Waals surface area (Å²) < 4.78 is 32.9. The molecule has 0 amide bonds. The third-order valence-corrected chi connectivity index (χ3v) is 5.67. The maximum absolute atomic E-state index is 13.8. The first-order chi connectivity index (χ1) is 12.7. The van der Waals surface area contributed by atoms with E-state index < -0.39 is 11.6 Å². The zero-order valence-corrected chi connectivity index (χ0v) is 15.1. The van der Waals surface area contributed by atoms with E-state index in [-0.39, 0.29) is 12.2 Å². The van der Waals surface area contributed by atoms with Crippen molar-refractivity contribution in [1.82, 2.24) is 4.98 Å². The van der Waals surface area contributed by atoms with Gasteiger partial charge in [0.25, 0.3) is 0 Å². The van der Waals surface area contributed by atoms with E-state index in [1.807, 2.05) is 12.1 Å². The first-order valence-corrected chi connectivity index (χ1v) is 9.31. The summed E-state index contributed by atoms with van der Waals surface area (Å²) in [6.07, 6.45) is 2.94. The monoisotopic (exact) mass is 372 g/mol. The molecule has 2 aromatic carbocycles. The molecule has 134 valence electrons. The zero-order valence-electron chi connectivity index (χ0n) is 14.3. The number of anilines is 1. The van der Waals surface area contributed by atoms with E-state index in [0.29, 0.717) is 0 Å². The van der Waals surface area contributed by atoms with Gasteiger partial charge < -0.3 is 10.1 Å². The Kier molecular flexibility index (Phi) is 4.59. The van der Waals surface area contributed by atoms with Crippen LogP contribution in [0.15, 0.2) is 36.4 Å². The molecule has 3 aromatic rings. The minimum absolute atomic E-state index is 0.111. The van der Waals surface area contributed by atoms with Gasteiger partial charge in [-0.3, -0.25) is 0 Å². The van der Waals surface area contributed by atoms with Crippen LogP contribution < -0.4 is 10.1 Å². The normalized spacial score (nSPS) is 12.9. The zero-order chi connectivity index (χ0) is 18.1. The number of methoxy groups -OCH3 is 1. The second-order valence-electron chi connectivity index (χ2n) is 6.21. The van der Waals surface area contributed by atoms with Crippen molar-refractivity contribution in [2.45, 2.75) is 25.8 Å². The van der Waals surface area contributed by atoms with Crippen LogP contribution in [0.4, 0.5) is 14.5 Å². The molecule has 3 nitrogen and oxygen atoms in total. The molecule has 0 unspecified atom stereocenters. The lowest BCUT2D eigenvalue weighted by Gasteiger charge is -2.08. The van der Waals surface area contributed by atoms with Gasteiger partial charge in [-0.05, 0) is 49.1 Å². The second-order valence-corrected chi connectivity index (χ2v) is 7.29. The van der Waals surface area contributed by atoms with Crippen LogP contribution in [0.1, 0.15) is 22.7 Å². The highest BCUT2D eigenvalue weighted by atomic mass is 32.1. The van der Waals surface area contributed by atoms with Crippen LogP contribution in [0.25, 0.3) is 10.4 Å². The van der Waals surface area contributed by atoms with Crippen LogP contribution in [-0.4, -0.2) is 12.1 Å². The molecule has 6 heteroatoms. The van der Waals surface area contributed by atoms with Crippen LogP contribution in [0.3, 0.4) is 0 Å². The molecule has 0 radical (unpaired) electrons. The molecule has 1 aliphatic carbocycles. The number of hydrogen-bond donors (Lipinski definition) is 1. The van der Waals surface area contributed by atoms with Gasteiger partial charge in [0.15, 0.2) is 0 Å². The Labute approximate surface area is 154 Å². The van der Waals surface area contributed by atoms with E-state index in [2.05, 4.69) is 11.4 Å². The predicted octanol–water partition coefficient (Wildman–Crippen LogP) is 5.20. The van der Waals surface area contributed by atoms with E-state index in [0.717, 1.165) is 46.2 Å². The van der Waals surface area contributed by atoms with Crippen molar-refractivity contribution in [2.24, 2.45) is 0 Å². The lowest BCUT2D eigenvalue weighted by molar-refractivity contribution is 0.415. The van der Waals surface area contributed by atoms with Crippen molar-refractivity contribution in [3.63, 3.8) is 0 Å². The number of nitrogens with zero attached hydrogens (tertiary/aromatic N) is 1. The van der Waals surface area contributed by atoms with Crippen LogP contribution in [0.5, 0.6) is 5.75 Å². The molecule has 1 aromatic heterocycles. The summed E-state index contributed by atoms with van der Waals surface area (Å²) in [6.45, 7) is 0.287. The van der Waals surface area contributed by atoms with Gasteiger partial charge in [0, 0.05) is 5.56 Å². The number of halogens is 2. The van der Waals surface area contributed by atoms with Crippen molar-refractivity contribution in [2.75, 3.05) is 12.4 Å². The highest BCUT2D eigenvalue weighted by Gasteiger charge is 2.20.